The number of amides is 1. The molecule has 1 unspecified atom stereocenters. The number of aromatic nitrogens is 2. The van der Waals surface area contributed by atoms with Gasteiger partial charge in [-0.2, -0.15) is 0 Å². The summed E-state index contributed by atoms with van der Waals surface area (Å²) >= 11 is 0. The van der Waals surface area contributed by atoms with E-state index in [1.165, 1.54) is 0 Å². The lowest BCUT2D eigenvalue weighted by Gasteiger charge is -2.23. The van der Waals surface area contributed by atoms with E-state index in [4.69, 9.17) is 5.73 Å². The lowest BCUT2D eigenvalue weighted by molar-refractivity contribution is -0.121. The summed E-state index contributed by atoms with van der Waals surface area (Å²) in [5.74, 6) is 2.19. The Morgan fingerprint density at radius 3 is 2.71 bits per heavy atom. The number of anilines is 2. The van der Waals surface area contributed by atoms with Gasteiger partial charge in [-0.1, -0.05) is 20.8 Å². The van der Waals surface area contributed by atoms with Gasteiger partial charge < -0.3 is 16.0 Å². The van der Waals surface area contributed by atoms with Gasteiger partial charge in [-0.15, -0.1) is 0 Å². The highest BCUT2D eigenvalue weighted by Gasteiger charge is 2.29. The summed E-state index contributed by atoms with van der Waals surface area (Å²) in [7, 11) is 0. The van der Waals surface area contributed by atoms with Gasteiger partial charge in [0.15, 0.2) is 0 Å². The van der Waals surface area contributed by atoms with Crippen molar-refractivity contribution in [1.82, 2.24) is 9.97 Å². The van der Waals surface area contributed by atoms with E-state index in [1.54, 1.807) is 0 Å². The minimum Gasteiger partial charge on any atom is -0.370 e. The van der Waals surface area contributed by atoms with Crippen LogP contribution in [0.3, 0.4) is 0 Å². The number of carbonyl (C=O) groups is 1. The average molecular weight is 291 g/mol. The maximum Gasteiger partial charge on any atom is 0.222 e. The van der Waals surface area contributed by atoms with Crippen LogP contribution in [0.25, 0.3) is 0 Å². The van der Waals surface area contributed by atoms with Crippen LogP contribution in [0.2, 0.25) is 0 Å². The highest BCUT2D eigenvalue weighted by atomic mass is 16.1. The fourth-order valence-electron chi connectivity index (χ4n) is 2.40. The maximum atomic E-state index is 11.3. The molecule has 1 aromatic rings. The summed E-state index contributed by atoms with van der Waals surface area (Å²) < 4.78 is 0. The van der Waals surface area contributed by atoms with Gasteiger partial charge in [-0.25, -0.2) is 9.97 Å². The molecule has 1 amide bonds. The Balaban J connectivity index is 2.30. The second kappa shape index (κ2) is 5.87. The quantitative estimate of drug-likeness (QED) is 0.878. The van der Waals surface area contributed by atoms with Crippen LogP contribution in [0.1, 0.15) is 39.9 Å². The molecule has 1 saturated heterocycles. The minimum atomic E-state index is -0.227. The van der Waals surface area contributed by atoms with Gasteiger partial charge in [0.1, 0.15) is 17.5 Å². The summed E-state index contributed by atoms with van der Waals surface area (Å²) in [6, 6.07) is 1.95. The largest absolute Gasteiger partial charge is 0.370 e. The Bertz CT molecular complexity index is 523. The first kappa shape index (κ1) is 15.5. The normalized spacial score (nSPS) is 18.9. The van der Waals surface area contributed by atoms with Crippen LogP contribution in [0, 0.1) is 5.92 Å². The highest BCUT2D eigenvalue weighted by molar-refractivity contribution is 5.78. The van der Waals surface area contributed by atoms with E-state index in [0.29, 0.717) is 6.54 Å². The lowest BCUT2D eigenvalue weighted by Crippen LogP contribution is -2.28. The SMILES string of the molecule is CCNc1cc(N2CCC(C(N)=O)C2)nc(C(C)(C)C)n1. The molecule has 6 heteroatoms. The van der Waals surface area contributed by atoms with Crippen molar-refractivity contribution < 1.29 is 4.79 Å². The predicted octanol–water partition coefficient (Wildman–Crippen LogP) is 1.52. The molecule has 0 aromatic carbocycles. The number of hydrogen-bond donors (Lipinski definition) is 2. The van der Waals surface area contributed by atoms with Crippen molar-refractivity contribution in [2.75, 3.05) is 29.9 Å². The third-order valence-corrected chi connectivity index (χ3v) is 3.66. The molecule has 0 saturated carbocycles. The first-order chi connectivity index (χ1) is 9.81. The van der Waals surface area contributed by atoms with Crippen molar-refractivity contribution in [3.63, 3.8) is 0 Å². The molecule has 1 aliphatic rings. The van der Waals surface area contributed by atoms with E-state index in [9.17, 15) is 4.79 Å². The number of carbonyl (C=O) groups excluding carboxylic acids is 1. The average Bonchev–Trinajstić information content (AvgIpc) is 2.87. The van der Waals surface area contributed by atoms with Crippen LogP contribution < -0.4 is 16.0 Å². The van der Waals surface area contributed by atoms with Crippen LogP contribution >= 0.6 is 0 Å². The van der Waals surface area contributed by atoms with Crippen molar-refractivity contribution >= 4 is 17.5 Å². The molecule has 1 fully saturated rings. The number of nitrogens with one attached hydrogen (secondary N) is 1. The van der Waals surface area contributed by atoms with Crippen molar-refractivity contribution in [3.05, 3.63) is 11.9 Å². The fraction of sp³-hybridized carbons (Fsp3) is 0.667. The Labute approximate surface area is 126 Å². The summed E-state index contributed by atoms with van der Waals surface area (Å²) in [6.45, 7) is 10.6. The summed E-state index contributed by atoms with van der Waals surface area (Å²) in [5.41, 5.74) is 5.28. The van der Waals surface area contributed by atoms with Crippen molar-refractivity contribution in [3.8, 4) is 0 Å². The van der Waals surface area contributed by atoms with E-state index >= 15 is 0 Å². The predicted molar refractivity (Wildman–Crippen MR) is 84.4 cm³/mol. The summed E-state index contributed by atoms with van der Waals surface area (Å²) in [4.78, 5) is 22.7. The van der Waals surface area contributed by atoms with Crippen molar-refractivity contribution in [2.45, 2.75) is 39.5 Å². The van der Waals surface area contributed by atoms with Gasteiger partial charge in [-0.05, 0) is 13.3 Å². The standard InChI is InChI=1S/C15H25N5O/c1-5-17-11-8-12(19-14(18-11)15(2,3)4)20-7-6-10(9-20)13(16)21/h8,10H,5-7,9H2,1-4H3,(H2,16,21)(H,17,18,19). The van der Waals surface area contributed by atoms with Crippen LogP contribution in [0.4, 0.5) is 11.6 Å². The van der Waals surface area contributed by atoms with E-state index < -0.39 is 0 Å². The third-order valence-electron chi connectivity index (χ3n) is 3.66. The molecule has 6 nitrogen and oxygen atoms in total. The smallest absolute Gasteiger partial charge is 0.222 e. The Hall–Kier alpha value is -1.85. The zero-order valence-corrected chi connectivity index (χ0v) is 13.3. The molecule has 0 spiro atoms. The first-order valence-electron chi connectivity index (χ1n) is 7.49. The second-order valence-electron chi connectivity index (χ2n) is 6.55. The summed E-state index contributed by atoms with van der Waals surface area (Å²) in [5, 5.41) is 3.25. The monoisotopic (exact) mass is 291 g/mol. The van der Waals surface area contributed by atoms with Gasteiger partial charge in [-0.3, -0.25) is 4.79 Å². The first-order valence-corrected chi connectivity index (χ1v) is 7.49. The molecule has 1 aromatic heterocycles. The minimum absolute atomic E-state index is 0.0827. The lowest BCUT2D eigenvalue weighted by atomic mass is 9.96. The van der Waals surface area contributed by atoms with E-state index in [0.717, 1.165) is 37.0 Å². The van der Waals surface area contributed by atoms with Crippen molar-refractivity contribution in [1.29, 1.82) is 0 Å². The van der Waals surface area contributed by atoms with Crippen molar-refractivity contribution in [2.24, 2.45) is 11.7 Å². The van der Waals surface area contributed by atoms with Crippen LogP contribution in [0.15, 0.2) is 6.07 Å². The van der Waals surface area contributed by atoms with E-state index in [1.807, 2.05) is 13.0 Å². The Kier molecular flexibility index (Phi) is 4.34. The molecule has 116 valence electrons. The third kappa shape index (κ3) is 3.62. The zero-order chi connectivity index (χ0) is 15.6. The van der Waals surface area contributed by atoms with Gasteiger partial charge in [0.05, 0.1) is 5.92 Å². The van der Waals surface area contributed by atoms with Gasteiger partial charge in [0, 0.05) is 31.1 Å². The second-order valence-corrected chi connectivity index (χ2v) is 6.55. The van der Waals surface area contributed by atoms with Crippen LogP contribution in [-0.2, 0) is 10.2 Å². The molecule has 0 radical (unpaired) electrons. The molecule has 2 rings (SSSR count). The van der Waals surface area contributed by atoms with Gasteiger partial charge in [0.2, 0.25) is 5.91 Å². The van der Waals surface area contributed by atoms with E-state index in [2.05, 4.69) is 41.0 Å². The molecule has 2 heterocycles. The van der Waals surface area contributed by atoms with Crippen LogP contribution in [0.5, 0.6) is 0 Å². The topological polar surface area (TPSA) is 84.1 Å². The molecule has 0 bridgehead atoms. The van der Waals surface area contributed by atoms with Crippen LogP contribution in [-0.4, -0.2) is 35.5 Å². The zero-order valence-electron chi connectivity index (χ0n) is 13.3. The number of hydrogen-bond acceptors (Lipinski definition) is 5. The Morgan fingerprint density at radius 2 is 2.19 bits per heavy atom. The Morgan fingerprint density at radius 1 is 1.48 bits per heavy atom. The highest BCUT2D eigenvalue weighted by Crippen LogP contribution is 2.27. The molecule has 3 N–H and O–H groups in total. The number of primary amides is 1. The number of rotatable bonds is 4. The fourth-order valence-corrected chi connectivity index (χ4v) is 2.40. The molecular formula is C15H25N5O. The molecule has 1 aliphatic heterocycles. The van der Waals surface area contributed by atoms with E-state index in [-0.39, 0.29) is 17.2 Å². The molecule has 21 heavy (non-hydrogen) atoms. The maximum absolute atomic E-state index is 11.3. The van der Waals surface area contributed by atoms with Gasteiger partial charge in [0.25, 0.3) is 0 Å². The van der Waals surface area contributed by atoms with Gasteiger partial charge >= 0.3 is 0 Å². The number of nitrogens with two attached hydrogens (primary N) is 1. The molecule has 0 aliphatic carbocycles. The summed E-state index contributed by atoms with van der Waals surface area (Å²) in [6.07, 6.45) is 0.792. The molecule has 1 atom stereocenters. The molecular weight excluding hydrogens is 266 g/mol. The number of nitrogens with zero attached hydrogens (tertiary/aromatic N) is 3.